The molecule has 1 saturated carbocycles. The monoisotopic (exact) mass is 278 g/mol. The zero-order valence-electron chi connectivity index (χ0n) is 13.4. The number of aryl methyl sites for hydroxylation is 2. The molecule has 0 spiro atoms. The number of nitrogens with one attached hydrogen (secondary N) is 1. The first-order valence-corrected chi connectivity index (χ1v) is 8.18. The Morgan fingerprint density at radius 1 is 1.40 bits per heavy atom. The Hall–Kier alpha value is -1.03. The number of aromatic nitrogens is 2. The van der Waals surface area contributed by atoms with E-state index in [0.717, 1.165) is 37.3 Å². The van der Waals surface area contributed by atoms with Gasteiger partial charge in [-0.25, -0.2) is 4.98 Å². The number of anilines is 1. The highest BCUT2D eigenvalue weighted by Crippen LogP contribution is 2.22. The lowest BCUT2D eigenvalue weighted by atomic mass is 10.2. The molecule has 4 nitrogen and oxygen atoms in total. The van der Waals surface area contributed by atoms with E-state index in [1.165, 1.54) is 38.5 Å². The van der Waals surface area contributed by atoms with Gasteiger partial charge in [0.25, 0.3) is 0 Å². The molecule has 0 aliphatic heterocycles. The number of hydrogen-bond donors (Lipinski definition) is 1. The predicted molar refractivity (Wildman–Crippen MR) is 85.2 cm³/mol. The maximum Gasteiger partial charge on any atom is 0.203 e. The minimum absolute atomic E-state index is 0.804. The van der Waals surface area contributed by atoms with Crippen molar-refractivity contribution >= 4 is 5.95 Å². The molecule has 1 aromatic rings. The molecule has 0 amide bonds. The minimum Gasteiger partial charge on any atom is -0.354 e. The molecular formula is C16H30N4. The third-order valence-electron chi connectivity index (χ3n) is 4.35. The molecule has 4 heteroatoms. The van der Waals surface area contributed by atoms with Crippen molar-refractivity contribution < 1.29 is 0 Å². The second kappa shape index (κ2) is 7.67. The van der Waals surface area contributed by atoms with Crippen molar-refractivity contribution in [1.82, 2.24) is 14.5 Å². The van der Waals surface area contributed by atoms with Crippen LogP contribution in [0.2, 0.25) is 0 Å². The third-order valence-corrected chi connectivity index (χ3v) is 4.35. The van der Waals surface area contributed by atoms with Crippen LogP contribution in [-0.4, -0.2) is 40.6 Å². The van der Waals surface area contributed by atoms with Gasteiger partial charge in [0.15, 0.2) is 0 Å². The van der Waals surface area contributed by atoms with E-state index >= 15 is 0 Å². The summed E-state index contributed by atoms with van der Waals surface area (Å²) in [5.74, 6) is 1.04. The van der Waals surface area contributed by atoms with Gasteiger partial charge in [-0.1, -0.05) is 26.2 Å². The Bertz CT molecular complexity index is 393. The standard InChI is InChI=1S/C16H30N4/c1-4-5-11-20-13-14(2)18-16(20)17-10-12-19(3)15-8-6-7-9-15/h13,15H,4-12H2,1-3H3,(H,17,18). The Labute approximate surface area is 123 Å². The summed E-state index contributed by atoms with van der Waals surface area (Å²) in [5.41, 5.74) is 1.10. The molecule has 0 unspecified atom stereocenters. The van der Waals surface area contributed by atoms with E-state index in [1.807, 2.05) is 0 Å². The van der Waals surface area contributed by atoms with Gasteiger partial charge in [-0.15, -0.1) is 0 Å². The molecule has 2 rings (SSSR count). The van der Waals surface area contributed by atoms with Crippen LogP contribution < -0.4 is 5.32 Å². The topological polar surface area (TPSA) is 33.1 Å². The van der Waals surface area contributed by atoms with Crippen LogP contribution in [0.15, 0.2) is 6.20 Å². The number of unbranched alkanes of at least 4 members (excludes halogenated alkanes) is 1. The van der Waals surface area contributed by atoms with E-state index < -0.39 is 0 Å². The van der Waals surface area contributed by atoms with Gasteiger partial charge in [-0.2, -0.15) is 0 Å². The van der Waals surface area contributed by atoms with Crippen LogP contribution >= 0.6 is 0 Å². The molecule has 0 bridgehead atoms. The fraction of sp³-hybridized carbons (Fsp3) is 0.812. The summed E-state index contributed by atoms with van der Waals surface area (Å²) in [5, 5.41) is 3.51. The summed E-state index contributed by atoms with van der Waals surface area (Å²) >= 11 is 0. The molecule has 0 aromatic carbocycles. The second-order valence-corrected chi connectivity index (χ2v) is 6.10. The van der Waals surface area contributed by atoms with E-state index in [2.05, 4.69) is 46.9 Å². The average molecular weight is 278 g/mol. The zero-order valence-corrected chi connectivity index (χ0v) is 13.4. The van der Waals surface area contributed by atoms with Crippen molar-refractivity contribution in [2.24, 2.45) is 0 Å². The molecule has 0 saturated heterocycles. The van der Waals surface area contributed by atoms with Crippen molar-refractivity contribution in [3.8, 4) is 0 Å². The van der Waals surface area contributed by atoms with Crippen LogP contribution in [0.4, 0.5) is 5.95 Å². The molecule has 20 heavy (non-hydrogen) atoms. The van der Waals surface area contributed by atoms with Gasteiger partial charge in [-0.05, 0) is 33.2 Å². The van der Waals surface area contributed by atoms with Gasteiger partial charge in [-0.3, -0.25) is 0 Å². The average Bonchev–Trinajstić information content (AvgIpc) is 3.06. The van der Waals surface area contributed by atoms with Crippen LogP contribution in [-0.2, 0) is 6.54 Å². The van der Waals surface area contributed by atoms with Crippen LogP contribution in [0, 0.1) is 6.92 Å². The second-order valence-electron chi connectivity index (χ2n) is 6.10. The van der Waals surface area contributed by atoms with E-state index in [1.54, 1.807) is 0 Å². The Kier molecular flexibility index (Phi) is 5.89. The highest BCUT2D eigenvalue weighted by Gasteiger charge is 2.18. The number of nitrogens with zero attached hydrogens (tertiary/aromatic N) is 3. The van der Waals surface area contributed by atoms with Crippen molar-refractivity contribution in [2.75, 3.05) is 25.5 Å². The summed E-state index contributed by atoms with van der Waals surface area (Å²) in [7, 11) is 2.26. The fourth-order valence-corrected chi connectivity index (χ4v) is 3.06. The number of likely N-dealkylation sites (N-methyl/N-ethyl adjacent to an activating group) is 1. The molecule has 1 aromatic heterocycles. The predicted octanol–water partition coefficient (Wildman–Crippen LogP) is 3.28. The van der Waals surface area contributed by atoms with Crippen molar-refractivity contribution in [2.45, 2.75) is 65.0 Å². The lowest BCUT2D eigenvalue weighted by molar-refractivity contribution is 0.254. The van der Waals surface area contributed by atoms with Crippen LogP contribution in [0.1, 0.15) is 51.1 Å². The van der Waals surface area contributed by atoms with Crippen molar-refractivity contribution in [1.29, 1.82) is 0 Å². The maximum atomic E-state index is 4.59. The number of rotatable bonds is 8. The summed E-state index contributed by atoms with van der Waals surface area (Å²) in [6, 6.07) is 0.804. The first-order chi connectivity index (χ1) is 9.70. The molecule has 0 radical (unpaired) electrons. The quantitative estimate of drug-likeness (QED) is 0.792. The number of hydrogen-bond acceptors (Lipinski definition) is 3. The van der Waals surface area contributed by atoms with Crippen molar-refractivity contribution in [3.05, 3.63) is 11.9 Å². The highest BCUT2D eigenvalue weighted by atomic mass is 15.2. The van der Waals surface area contributed by atoms with Gasteiger partial charge in [0.05, 0.1) is 5.69 Å². The lowest BCUT2D eigenvalue weighted by Crippen LogP contribution is -2.33. The van der Waals surface area contributed by atoms with E-state index in [-0.39, 0.29) is 0 Å². The summed E-state index contributed by atoms with van der Waals surface area (Å²) in [4.78, 5) is 7.10. The van der Waals surface area contributed by atoms with E-state index in [4.69, 9.17) is 0 Å². The van der Waals surface area contributed by atoms with Gasteiger partial charge in [0, 0.05) is 31.9 Å². The molecule has 0 atom stereocenters. The van der Waals surface area contributed by atoms with Crippen LogP contribution in [0.25, 0.3) is 0 Å². The molecule has 1 fully saturated rings. The first-order valence-electron chi connectivity index (χ1n) is 8.18. The third kappa shape index (κ3) is 4.23. The largest absolute Gasteiger partial charge is 0.354 e. The molecule has 1 aliphatic carbocycles. The highest BCUT2D eigenvalue weighted by molar-refractivity contribution is 5.28. The Balaban J connectivity index is 1.78. The van der Waals surface area contributed by atoms with E-state index in [9.17, 15) is 0 Å². The SMILES string of the molecule is CCCCn1cc(C)nc1NCCN(C)C1CCCC1. The smallest absolute Gasteiger partial charge is 0.203 e. The summed E-state index contributed by atoms with van der Waals surface area (Å²) < 4.78 is 2.26. The summed E-state index contributed by atoms with van der Waals surface area (Å²) in [6.45, 7) is 7.45. The van der Waals surface area contributed by atoms with Crippen LogP contribution in [0.5, 0.6) is 0 Å². The number of imidazole rings is 1. The van der Waals surface area contributed by atoms with Crippen LogP contribution in [0.3, 0.4) is 0 Å². The van der Waals surface area contributed by atoms with Gasteiger partial charge >= 0.3 is 0 Å². The Morgan fingerprint density at radius 2 is 2.15 bits per heavy atom. The fourth-order valence-electron chi connectivity index (χ4n) is 3.06. The Morgan fingerprint density at radius 3 is 2.85 bits per heavy atom. The van der Waals surface area contributed by atoms with Gasteiger partial charge < -0.3 is 14.8 Å². The van der Waals surface area contributed by atoms with Gasteiger partial charge in [0.2, 0.25) is 5.95 Å². The minimum atomic E-state index is 0.804. The first kappa shape index (κ1) is 15.4. The van der Waals surface area contributed by atoms with E-state index in [0.29, 0.717) is 0 Å². The lowest BCUT2D eigenvalue weighted by Gasteiger charge is -2.24. The maximum absolute atomic E-state index is 4.59. The zero-order chi connectivity index (χ0) is 14.4. The normalized spacial score (nSPS) is 16.2. The molecule has 1 N–H and O–H groups in total. The molecular weight excluding hydrogens is 248 g/mol. The van der Waals surface area contributed by atoms with Crippen molar-refractivity contribution in [3.63, 3.8) is 0 Å². The molecule has 1 heterocycles. The van der Waals surface area contributed by atoms with Gasteiger partial charge in [0.1, 0.15) is 0 Å². The summed E-state index contributed by atoms with van der Waals surface area (Å²) in [6.07, 6.45) is 10.2. The molecule has 114 valence electrons. The molecule has 1 aliphatic rings.